The van der Waals surface area contributed by atoms with Gasteiger partial charge in [0.25, 0.3) is 0 Å². The molecule has 1 aliphatic heterocycles. The van der Waals surface area contributed by atoms with Crippen LogP contribution >= 0.6 is 24.0 Å². The molecule has 1 aliphatic carbocycles. The second-order valence-electron chi connectivity index (χ2n) is 6.85. The summed E-state index contributed by atoms with van der Waals surface area (Å²) in [5.74, 6) is 0.606. The Hall–Kier alpha value is -0.930. The lowest BCUT2D eigenvalue weighted by molar-refractivity contribution is -0.0161. The van der Waals surface area contributed by atoms with Gasteiger partial charge in [0.15, 0.2) is 5.96 Å². The molecule has 2 fully saturated rings. The van der Waals surface area contributed by atoms with E-state index in [0.717, 1.165) is 57.2 Å². The summed E-state index contributed by atoms with van der Waals surface area (Å²) in [5, 5.41) is 6.72. The predicted octanol–water partition coefficient (Wildman–Crippen LogP) is 1.97. The molecule has 25 heavy (non-hydrogen) atoms. The summed E-state index contributed by atoms with van der Waals surface area (Å²) in [7, 11) is 3.88. The van der Waals surface area contributed by atoms with E-state index in [1.807, 2.05) is 6.07 Å². The van der Waals surface area contributed by atoms with Crippen molar-refractivity contribution < 1.29 is 9.13 Å². The Kier molecular flexibility index (Phi) is 7.45. The maximum Gasteiger partial charge on any atom is 0.191 e. The van der Waals surface area contributed by atoms with E-state index in [9.17, 15) is 4.39 Å². The van der Waals surface area contributed by atoms with Crippen LogP contribution in [0.5, 0.6) is 0 Å². The highest BCUT2D eigenvalue weighted by Crippen LogP contribution is 2.47. The van der Waals surface area contributed by atoms with Gasteiger partial charge in [-0.25, -0.2) is 4.39 Å². The monoisotopic (exact) mass is 462 g/mol. The van der Waals surface area contributed by atoms with Gasteiger partial charge in [-0.3, -0.25) is 4.99 Å². The molecule has 1 aromatic carbocycles. The van der Waals surface area contributed by atoms with Crippen LogP contribution in [0.4, 0.5) is 4.39 Å². The van der Waals surface area contributed by atoms with Crippen molar-refractivity contribution in [2.45, 2.75) is 24.4 Å². The van der Waals surface area contributed by atoms with E-state index < -0.39 is 0 Å². The molecule has 1 heterocycles. The molecule has 5 nitrogen and oxygen atoms in total. The third-order valence-electron chi connectivity index (χ3n) is 4.95. The molecule has 7 heteroatoms. The highest BCUT2D eigenvalue weighted by Gasteiger charge is 2.44. The van der Waals surface area contributed by atoms with Gasteiger partial charge >= 0.3 is 0 Å². The molecule has 0 amide bonds. The molecule has 0 radical (unpaired) electrons. The number of benzene rings is 1. The van der Waals surface area contributed by atoms with E-state index in [-0.39, 0.29) is 41.3 Å². The highest BCUT2D eigenvalue weighted by molar-refractivity contribution is 14.0. The molecule has 1 saturated carbocycles. The lowest BCUT2D eigenvalue weighted by atomic mass is 9.96. The standard InChI is InChI=1S/C18H27FN4O.HI/c1-20-17(21-11-16-12-23(2)8-9-24-16)22-13-18(6-7-18)14-4-3-5-15(19)10-14;/h3-5,10,16H,6-9,11-13H2,1-2H3,(H2,20,21,22);1H. The summed E-state index contributed by atoms with van der Waals surface area (Å²) in [5.41, 5.74) is 1.11. The number of nitrogens with one attached hydrogen (secondary N) is 2. The predicted molar refractivity (Wildman–Crippen MR) is 109 cm³/mol. The van der Waals surface area contributed by atoms with Crippen molar-refractivity contribution >= 4 is 29.9 Å². The number of ether oxygens (including phenoxy) is 1. The molecule has 2 N–H and O–H groups in total. The largest absolute Gasteiger partial charge is 0.374 e. The number of morpholine rings is 1. The van der Waals surface area contributed by atoms with Crippen LogP contribution in [-0.4, -0.2) is 63.8 Å². The lowest BCUT2D eigenvalue weighted by Crippen LogP contribution is -2.49. The first-order valence-electron chi connectivity index (χ1n) is 8.62. The molecule has 2 aliphatic rings. The third kappa shape index (κ3) is 5.52. The van der Waals surface area contributed by atoms with Crippen molar-refractivity contribution in [1.82, 2.24) is 15.5 Å². The van der Waals surface area contributed by atoms with Gasteiger partial charge in [-0.05, 0) is 37.6 Å². The van der Waals surface area contributed by atoms with Gasteiger partial charge in [0.05, 0.1) is 12.7 Å². The van der Waals surface area contributed by atoms with Crippen LogP contribution in [0.25, 0.3) is 0 Å². The SMILES string of the molecule is CN=C(NCC1CN(C)CCO1)NCC1(c2cccc(F)c2)CC1.I. The number of hydrogen-bond donors (Lipinski definition) is 2. The lowest BCUT2D eigenvalue weighted by Gasteiger charge is -2.30. The maximum atomic E-state index is 13.5. The first-order valence-corrected chi connectivity index (χ1v) is 8.62. The zero-order valence-corrected chi connectivity index (χ0v) is 17.3. The van der Waals surface area contributed by atoms with Crippen molar-refractivity contribution in [2.75, 3.05) is 46.9 Å². The van der Waals surface area contributed by atoms with Gasteiger partial charge in [0, 0.05) is 38.6 Å². The van der Waals surface area contributed by atoms with Crippen LogP contribution in [0.2, 0.25) is 0 Å². The minimum absolute atomic E-state index is 0. The Morgan fingerprint density at radius 2 is 2.20 bits per heavy atom. The van der Waals surface area contributed by atoms with E-state index in [4.69, 9.17) is 4.74 Å². The van der Waals surface area contributed by atoms with E-state index in [1.54, 1.807) is 19.2 Å². The molecule has 1 atom stereocenters. The van der Waals surface area contributed by atoms with E-state index in [2.05, 4.69) is 27.6 Å². The van der Waals surface area contributed by atoms with Crippen LogP contribution < -0.4 is 10.6 Å². The van der Waals surface area contributed by atoms with Crippen molar-refractivity contribution in [3.63, 3.8) is 0 Å². The first kappa shape index (κ1) is 20.4. The van der Waals surface area contributed by atoms with Crippen LogP contribution in [0.15, 0.2) is 29.3 Å². The average Bonchev–Trinajstić information content (AvgIpc) is 3.36. The van der Waals surface area contributed by atoms with Crippen molar-refractivity contribution in [3.05, 3.63) is 35.6 Å². The van der Waals surface area contributed by atoms with Crippen LogP contribution in [0.3, 0.4) is 0 Å². The molecule has 1 saturated heterocycles. The number of halogens is 2. The molecular formula is C18H28FIN4O. The number of rotatable bonds is 5. The summed E-state index contributed by atoms with van der Waals surface area (Å²) in [6, 6.07) is 6.94. The van der Waals surface area contributed by atoms with Crippen molar-refractivity contribution in [1.29, 1.82) is 0 Å². The molecule has 3 rings (SSSR count). The number of guanidine groups is 1. The Morgan fingerprint density at radius 1 is 1.40 bits per heavy atom. The first-order chi connectivity index (χ1) is 11.6. The van der Waals surface area contributed by atoms with Crippen molar-refractivity contribution in [2.24, 2.45) is 4.99 Å². The van der Waals surface area contributed by atoms with E-state index >= 15 is 0 Å². The molecule has 0 aromatic heterocycles. The molecular weight excluding hydrogens is 434 g/mol. The third-order valence-corrected chi connectivity index (χ3v) is 4.95. The second kappa shape index (κ2) is 9.14. The smallest absolute Gasteiger partial charge is 0.191 e. The maximum absolute atomic E-state index is 13.5. The van der Waals surface area contributed by atoms with Gasteiger partial charge in [0.1, 0.15) is 5.82 Å². The second-order valence-corrected chi connectivity index (χ2v) is 6.85. The fourth-order valence-electron chi connectivity index (χ4n) is 3.21. The highest BCUT2D eigenvalue weighted by atomic mass is 127. The number of nitrogens with zero attached hydrogens (tertiary/aromatic N) is 2. The Morgan fingerprint density at radius 3 is 2.84 bits per heavy atom. The number of aliphatic imine (C=N–C) groups is 1. The molecule has 0 bridgehead atoms. The van der Waals surface area contributed by atoms with E-state index in [1.165, 1.54) is 6.07 Å². The fraction of sp³-hybridized carbons (Fsp3) is 0.611. The number of likely N-dealkylation sites (N-methyl/N-ethyl adjacent to an activating group) is 1. The molecule has 1 aromatic rings. The van der Waals surface area contributed by atoms with Gasteiger partial charge in [-0.2, -0.15) is 0 Å². The van der Waals surface area contributed by atoms with Gasteiger partial charge in [-0.15, -0.1) is 24.0 Å². The zero-order valence-electron chi connectivity index (χ0n) is 14.9. The summed E-state index contributed by atoms with van der Waals surface area (Å²) in [6.07, 6.45) is 2.34. The molecule has 140 valence electrons. The average molecular weight is 462 g/mol. The zero-order chi connectivity index (χ0) is 17.0. The van der Waals surface area contributed by atoms with Crippen LogP contribution in [-0.2, 0) is 10.2 Å². The van der Waals surface area contributed by atoms with Gasteiger partial charge < -0.3 is 20.3 Å². The molecule has 1 unspecified atom stereocenters. The van der Waals surface area contributed by atoms with E-state index in [0.29, 0.717) is 0 Å². The number of hydrogen-bond acceptors (Lipinski definition) is 3. The topological polar surface area (TPSA) is 48.9 Å². The normalized spacial score (nSPS) is 22.8. The van der Waals surface area contributed by atoms with Crippen LogP contribution in [0, 0.1) is 5.82 Å². The summed E-state index contributed by atoms with van der Waals surface area (Å²) in [6.45, 7) is 4.19. The summed E-state index contributed by atoms with van der Waals surface area (Å²) >= 11 is 0. The Labute approximate surface area is 166 Å². The van der Waals surface area contributed by atoms with Crippen molar-refractivity contribution in [3.8, 4) is 0 Å². The summed E-state index contributed by atoms with van der Waals surface area (Å²) < 4.78 is 19.2. The molecule has 0 spiro atoms. The van der Waals surface area contributed by atoms with Gasteiger partial charge in [0.2, 0.25) is 0 Å². The Balaban J connectivity index is 0.00000225. The minimum atomic E-state index is -0.167. The Bertz CT molecular complexity index is 594. The quantitative estimate of drug-likeness (QED) is 0.399. The van der Waals surface area contributed by atoms with Crippen LogP contribution in [0.1, 0.15) is 18.4 Å². The minimum Gasteiger partial charge on any atom is -0.374 e. The van der Waals surface area contributed by atoms with Gasteiger partial charge in [-0.1, -0.05) is 12.1 Å². The fourth-order valence-corrected chi connectivity index (χ4v) is 3.21. The summed E-state index contributed by atoms with van der Waals surface area (Å²) in [4.78, 5) is 6.56.